The molecule has 3 aromatic rings. The molecule has 1 fully saturated rings. The van der Waals surface area contributed by atoms with Gasteiger partial charge in [-0.1, -0.05) is 17.4 Å². The molecule has 28 heavy (non-hydrogen) atoms. The Morgan fingerprint density at radius 3 is 2.93 bits per heavy atom. The number of carbonyl (C=O) groups is 1. The minimum absolute atomic E-state index is 0.269. The molecule has 0 aliphatic carbocycles. The van der Waals surface area contributed by atoms with Gasteiger partial charge >= 0.3 is 6.03 Å². The monoisotopic (exact) mass is 398 g/mol. The van der Waals surface area contributed by atoms with Gasteiger partial charge in [-0.2, -0.15) is 0 Å². The van der Waals surface area contributed by atoms with E-state index in [1.54, 1.807) is 6.20 Å². The molecule has 1 saturated heterocycles. The Kier molecular flexibility index (Phi) is 5.63. The number of hydrogen-bond donors (Lipinski definition) is 3. The average molecular weight is 398 g/mol. The molecule has 4 heterocycles. The fraction of sp³-hybridized carbons (Fsp3) is 0.368. The number of fused-ring (bicyclic) bond motifs is 1. The number of ether oxygens (including phenoxy) is 1. The van der Waals surface area contributed by atoms with Gasteiger partial charge in [0.2, 0.25) is 0 Å². The first-order valence-corrected chi connectivity index (χ1v) is 10.2. The Morgan fingerprint density at radius 2 is 2.18 bits per heavy atom. The van der Waals surface area contributed by atoms with E-state index in [0.717, 1.165) is 53.3 Å². The van der Waals surface area contributed by atoms with Crippen LogP contribution in [0, 0.1) is 0 Å². The Morgan fingerprint density at radius 1 is 1.32 bits per heavy atom. The summed E-state index contributed by atoms with van der Waals surface area (Å²) in [5.74, 6) is 0.806. The summed E-state index contributed by atoms with van der Waals surface area (Å²) in [5, 5.41) is 9.56. The van der Waals surface area contributed by atoms with Gasteiger partial charge in [-0.25, -0.2) is 14.8 Å². The highest BCUT2D eigenvalue weighted by molar-refractivity contribution is 7.22. The fourth-order valence-corrected chi connectivity index (χ4v) is 3.92. The van der Waals surface area contributed by atoms with E-state index in [0.29, 0.717) is 17.7 Å². The highest BCUT2D eigenvalue weighted by Gasteiger charge is 2.19. The Bertz CT molecular complexity index is 956. The number of amides is 2. The van der Waals surface area contributed by atoms with Crippen molar-refractivity contribution < 1.29 is 9.53 Å². The average Bonchev–Trinajstić information content (AvgIpc) is 3.10. The molecule has 2 amide bonds. The van der Waals surface area contributed by atoms with Crippen LogP contribution in [0.1, 0.15) is 19.8 Å². The molecule has 1 aliphatic rings. The van der Waals surface area contributed by atoms with Crippen molar-refractivity contribution in [3.8, 4) is 11.1 Å². The number of carbonyl (C=O) groups excluding carboxylic acids is 1. The van der Waals surface area contributed by atoms with E-state index in [2.05, 4.69) is 25.9 Å². The second-order valence-corrected chi connectivity index (χ2v) is 7.46. The molecule has 0 unspecified atom stereocenters. The summed E-state index contributed by atoms with van der Waals surface area (Å²) in [6, 6.07) is 5.96. The summed E-state index contributed by atoms with van der Waals surface area (Å²) >= 11 is 1.36. The van der Waals surface area contributed by atoms with Gasteiger partial charge in [0.15, 0.2) is 5.13 Å². The summed E-state index contributed by atoms with van der Waals surface area (Å²) in [6.07, 6.45) is 5.45. The largest absolute Gasteiger partial charge is 0.381 e. The molecule has 0 aromatic carbocycles. The molecule has 0 bridgehead atoms. The van der Waals surface area contributed by atoms with E-state index in [4.69, 9.17) is 9.72 Å². The molecule has 146 valence electrons. The Labute approximate surface area is 166 Å². The molecule has 0 radical (unpaired) electrons. The van der Waals surface area contributed by atoms with Crippen molar-refractivity contribution in [2.75, 3.05) is 30.4 Å². The number of thiazole rings is 1. The van der Waals surface area contributed by atoms with Gasteiger partial charge in [-0.3, -0.25) is 10.3 Å². The molecule has 8 nitrogen and oxygen atoms in total. The highest BCUT2D eigenvalue weighted by atomic mass is 32.1. The molecular formula is C19H22N6O2S. The molecule has 0 saturated carbocycles. The van der Waals surface area contributed by atoms with E-state index in [9.17, 15) is 4.79 Å². The normalized spacial score (nSPS) is 14.8. The maximum Gasteiger partial charge on any atom is 0.321 e. The lowest BCUT2D eigenvalue weighted by Gasteiger charge is -2.24. The van der Waals surface area contributed by atoms with Crippen LogP contribution >= 0.6 is 11.3 Å². The SMILES string of the molecule is CCNC(=O)Nc1nc2cc(-c3cccnc3)c(NC3CCOCC3)nc2s1. The van der Waals surface area contributed by atoms with Crippen LogP contribution in [0.4, 0.5) is 15.7 Å². The molecule has 3 N–H and O–H groups in total. The first-order valence-electron chi connectivity index (χ1n) is 9.34. The van der Waals surface area contributed by atoms with E-state index >= 15 is 0 Å². The second kappa shape index (κ2) is 8.49. The molecule has 3 aromatic heterocycles. The van der Waals surface area contributed by atoms with Gasteiger partial charge in [0, 0.05) is 49.3 Å². The summed E-state index contributed by atoms with van der Waals surface area (Å²) < 4.78 is 5.46. The molecule has 0 atom stereocenters. The van der Waals surface area contributed by atoms with Gasteiger partial charge in [0.25, 0.3) is 0 Å². The lowest BCUT2D eigenvalue weighted by atomic mass is 10.1. The minimum atomic E-state index is -0.269. The highest BCUT2D eigenvalue weighted by Crippen LogP contribution is 2.34. The quantitative estimate of drug-likeness (QED) is 0.608. The number of nitrogens with zero attached hydrogens (tertiary/aromatic N) is 3. The van der Waals surface area contributed by atoms with Crippen LogP contribution in [0.5, 0.6) is 0 Å². The maximum absolute atomic E-state index is 11.8. The fourth-order valence-electron chi connectivity index (χ4n) is 3.11. The summed E-state index contributed by atoms with van der Waals surface area (Å²) in [6.45, 7) is 3.93. The van der Waals surface area contributed by atoms with Crippen LogP contribution in [0.25, 0.3) is 21.5 Å². The lowest BCUT2D eigenvalue weighted by molar-refractivity contribution is 0.0904. The number of hydrogen-bond acceptors (Lipinski definition) is 7. The molecular weight excluding hydrogens is 376 g/mol. The van der Waals surface area contributed by atoms with Gasteiger partial charge < -0.3 is 15.4 Å². The predicted molar refractivity (Wildman–Crippen MR) is 111 cm³/mol. The van der Waals surface area contributed by atoms with Crippen LogP contribution in [-0.2, 0) is 4.74 Å². The molecule has 1 aliphatic heterocycles. The second-order valence-electron chi connectivity index (χ2n) is 6.48. The van der Waals surface area contributed by atoms with Gasteiger partial charge in [-0.15, -0.1) is 0 Å². The number of pyridine rings is 2. The molecule has 0 spiro atoms. The Hall–Kier alpha value is -2.78. The standard InChI is InChI=1S/C19H22N6O2S/c1-2-21-18(26)25-19-23-15-10-14(12-4-3-7-20-11-12)16(24-17(15)28-19)22-13-5-8-27-9-6-13/h3-4,7,10-11,13H,2,5-6,8-9H2,1H3,(H,22,24)(H2,21,23,25,26). The van der Waals surface area contributed by atoms with E-state index < -0.39 is 0 Å². The Balaban J connectivity index is 1.70. The maximum atomic E-state index is 11.8. The number of rotatable bonds is 5. The van der Waals surface area contributed by atoms with Crippen molar-refractivity contribution in [1.82, 2.24) is 20.3 Å². The van der Waals surface area contributed by atoms with Crippen LogP contribution in [0.15, 0.2) is 30.6 Å². The third-order valence-electron chi connectivity index (χ3n) is 4.48. The van der Waals surface area contributed by atoms with Crippen molar-refractivity contribution in [2.24, 2.45) is 0 Å². The zero-order valence-corrected chi connectivity index (χ0v) is 16.4. The van der Waals surface area contributed by atoms with Crippen molar-refractivity contribution in [3.05, 3.63) is 30.6 Å². The van der Waals surface area contributed by atoms with Crippen molar-refractivity contribution in [3.63, 3.8) is 0 Å². The summed E-state index contributed by atoms with van der Waals surface area (Å²) in [5.41, 5.74) is 2.66. The van der Waals surface area contributed by atoms with Crippen molar-refractivity contribution >= 4 is 38.7 Å². The third-order valence-corrected chi connectivity index (χ3v) is 5.36. The third kappa shape index (κ3) is 4.20. The van der Waals surface area contributed by atoms with Crippen molar-refractivity contribution in [2.45, 2.75) is 25.8 Å². The zero-order chi connectivity index (χ0) is 19.3. The zero-order valence-electron chi connectivity index (χ0n) is 15.6. The number of urea groups is 1. The van der Waals surface area contributed by atoms with E-state index in [1.807, 2.05) is 31.3 Å². The van der Waals surface area contributed by atoms with Gasteiger partial charge in [-0.05, 0) is 31.9 Å². The first-order chi connectivity index (χ1) is 13.7. The van der Waals surface area contributed by atoms with E-state index in [-0.39, 0.29) is 6.03 Å². The van der Waals surface area contributed by atoms with Crippen molar-refractivity contribution in [1.29, 1.82) is 0 Å². The molecule has 4 rings (SSSR count). The first kappa shape index (κ1) is 18.6. The van der Waals surface area contributed by atoms with Gasteiger partial charge in [0.05, 0.1) is 0 Å². The van der Waals surface area contributed by atoms with E-state index in [1.165, 1.54) is 11.3 Å². The minimum Gasteiger partial charge on any atom is -0.381 e. The molecule has 9 heteroatoms. The number of anilines is 2. The topological polar surface area (TPSA) is 101 Å². The van der Waals surface area contributed by atoms with Crippen LogP contribution in [0.3, 0.4) is 0 Å². The summed E-state index contributed by atoms with van der Waals surface area (Å²) in [7, 11) is 0. The number of aromatic nitrogens is 3. The van der Waals surface area contributed by atoms with Crippen LogP contribution in [0.2, 0.25) is 0 Å². The predicted octanol–water partition coefficient (Wildman–Crippen LogP) is 3.49. The van der Waals surface area contributed by atoms with Crippen LogP contribution < -0.4 is 16.0 Å². The summed E-state index contributed by atoms with van der Waals surface area (Å²) in [4.78, 5) is 26.2. The smallest absolute Gasteiger partial charge is 0.321 e. The van der Waals surface area contributed by atoms with Crippen LogP contribution in [-0.4, -0.2) is 46.8 Å². The lowest BCUT2D eigenvalue weighted by Crippen LogP contribution is -2.28. The van der Waals surface area contributed by atoms with Gasteiger partial charge in [0.1, 0.15) is 16.2 Å². The number of nitrogens with one attached hydrogen (secondary N) is 3.